The number of rotatable bonds is 25. The number of aliphatic imine (C=N–C) groups is 1. The molecule has 1 aromatic heterocycles. The van der Waals surface area contributed by atoms with E-state index in [1.807, 2.05) is 34.6 Å². The first kappa shape index (κ1) is 98.0. The Bertz CT molecular complexity index is 3900. The molecule has 21 nitrogen and oxygen atoms in total. The molecule has 0 spiro atoms. The number of amides is 1. The minimum atomic E-state index is -4.43. The van der Waals surface area contributed by atoms with Crippen LogP contribution in [0.3, 0.4) is 0 Å². The van der Waals surface area contributed by atoms with Gasteiger partial charge in [0.25, 0.3) is 0 Å². The number of esters is 1. The predicted molar refractivity (Wildman–Crippen MR) is 368 cm³/mol. The minimum absolute atomic E-state index is 0. The van der Waals surface area contributed by atoms with Gasteiger partial charge in [0.15, 0.2) is 44.6 Å². The smallest absolute Gasteiger partial charge is 0.422 e. The summed E-state index contributed by atoms with van der Waals surface area (Å²) in [6.07, 6.45) is -20.3. The Hall–Kier alpha value is -9.97. The molecule has 1 heterocycles. The van der Waals surface area contributed by atoms with E-state index in [1.165, 1.54) is 134 Å². The van der Waals surface area contributed by atoms with Crippen molar-refractivity contribution in [1.29, 1.82) is 0 Å². The van der Waals surface area contributed by atoms with E-state index in [-0.39, 0.29) is 87.9 Å². The van der Waals surface area contributed by atoms with Crippen LogP contribution < -0.4 is 51.9 Å². The van der Waals surface area contributed by atoms with E-state index in [0.29, 0.717) is 22.3 Å². The van der Waals surface area contributed by atoms with Gasteiger partial charge in [-0.1, -0.05) is 36.4 Å². The zero-order valence-electron chi connectivity index (χ0n) is 60.9. The molecule has 0 radical (unpaired) electrons. The molecular formula is C72H83ClF15N7O14S. The second-order valence-electron chi connectivity index (χ2n) is 24.4. The number of nitrogens with one attached hydrogen (secondary N) is 2. The van der Waals surface area contributed by atoms with Crippen LogP contribution in [0.1, 0.15) is 143 Å². The molecule has 0 aliphatic rings. The predicted octanol–water partition coefficient (Wildman–Crippen LogP) is 13.2. The van der Waals surface area contributed by atoms with Gasteiger partial charge in [0.05, 0.1) is 40.5 Å². The fourth-order valence-corrected chi connectivity index (χ4v) is 8.51. The van der Waals surface area contributed by atoms with Crippen molar-refractivity contribution >= 4 is 40.7 Å². The Labute approximate surface area is 632 Å². The summed E-state index contributed by atoms with van der Waals surface area (Å²) in [7, 11) is -1.22. The molecule has 0 aliphatic heterocycles. The lowest BCUT2D eigenvalue weighted by Crippen LogP contribution is -3.00. The number of ether oxygens (including phenoxy) is 7. The van der Waals surface area contributed by atoms with Crippen LogP contribution in [0.25, 0.3) is 0 Å². The Kier molecular flexibility index (Phi) is 41.5. The van der Waals surface area contributed by atoms with Crippen molar-refractivity contribution in [3.05, 3.63) is 192 Å². The van der Waals surface area contributed by atoms with E-state index in [9.17, 15) is 94.0 Å². The number of aromatic nitrogens is 3. The summed E-state index contributed by atoms with van der Waals surface area (Å²) < 4.78 is 228. The van der Waals surface area contributed by atoms with Crippen LogP contribution >= 0.6 is 0 Å². The van der Waals surface area contributed by atoms with Gasteiger partial charge in [-0.15, -0.1) is 0 Å². The van der Waals surface area contributed by atoms with E-state index >= 15 is 0 Å². The van der Waals surface area contributed by atoms with E-state index in [2.05, 4.69) is 54.5 Å². The number of ketones is 2. The first-order valence-corrected chi connectivity index (χ1v) is 33.4. The topological polar surface area (TPSA) is 282 Å². The third-order valence-corrected chi connectivity index (χ3v) is 14.9. The maximum Gasteiger partial charge on any atom is 0.422 e. The van der Waals surface area contributed by atoms with E-state index in [1.54, 1.807) is 76.2 Å². The van der Waals surface area contributed by atoms with Crippen LogP contribution in [0.5, 0.6) is 34.5 Å². The van der Waals surface area contributed by atoms with Gasteiger partial charge < -0.3 is 61.7 Å². The van der Waals surface area contributed by atoms with Crippen molar-refractivity contribution in [2.75, 3.05) is 33.0 Å². The van der Waals surface area contributed by atoms with Crippen molar-refractivity contribution < 1.29 is 150 Å². The number of alkyl carbamates (subject to hydrolysis) is 1. The quantitative estimate of drug-likeness (QED) is 0.0136. The second kappa shape index (κ2) is 46.5. The number of hydrogen-bond donors (Lipinski definition) is 4. The van der Waals surface area contributed by atoms with Gasteiger partial charge in [-0.3, -0.25) is 9.59 Å². The van der Waals surface area contributed by atoms with Crippen molar-refractivity contribution in [2.24, 2.45) is 4.99 Å². The number of isocyanates is 1. The van der Waals surface area contributed by atoms with Crippen molar-refractivity contribution in [3.63, 3.8) is 0 Å². The first-order valence-electron chi connectivity index (χ1n) is 32.3. The van der Waals surface area contributed by atoms with Gasteiger partial charge in [-0.25, -0.2) is 33.0 Å². The van der Waals surface area contributed by atoms with E-state index < -0.39 is 105 Å². The lowest BCUT2D eigenvalue weighted by Gasteiger charge is -2.22. The number of aromatic hydroxyl groups is 1. The maximum absolute atomic E-state index is 12.3. The highest BCUT2D eigenvalue weighted by Gasteiger charge is 2.33. The summed E-state index contributed by atoms with van der Waals surface area (Å²) >= 11 is 0. The number of halogens is 16. The number of phenols is 1. The Morgan fingerprint density at radius 3 is 1.15 bits per heavy atom. The summed E-state index contributed by atoms with van der Waals surface area (Å²) in [6, 6.07) is 35.1. The average Bonchev–Trinajstić information content (AvgIpc) is 0.978. The zero-order chi connectivity index (χ0) is 82.7. The SMILES string of the molecule is CC(=O)c1ccc(O)cc1.CC(=O)c1ccc(OCC(F)(F)F)cc1.CC(C)OC(=O)[C@@H](Cn1cncn1)OC(=O)N[C@@H](C)c1ccc(OCC(F)(F)F)cc1.C[C@H](N=C=O)c1ccc(OCC(F)(F)F)cc1.C[C@H](N[S@@](=O)C(C)(C)C)c1ccc(OCC(F)(F)F)cc1.C[C@H]([NH3+])c1ccc(OCC(F)(F)F)cc1.[Cl-]. The summed E-state index contributed by atoms with van der Waals surface area (Å²) in [5.41, 5.74) is 7.95. The number of phenolic OH excluding ortho intramolecular Hbond substituents is 1. The van der Waals surface area contributed by atoms with Crippen LogP contribution in [0.2, 0.25) is 0 Å². The Morgan fingerprint density at radius 1 is 0.518 bits per heavy atom. The normalized spacial score (nSPS) is 12.9. The summed E-state index contributed by atoms with van der Waals surface area (Å²) in [6.45, 7) is 12.1. The number of carbonyl (C=O) groups is 4. The third-order valence-electron chi connectivity index (χ3n) is 13.2. The molecule has 0 aliphatic carbocycles. The number of nitrogens with zero attached hydrogens (tertiary/aromatic N) is 4. The van der Waals surface area contributed by atoms with Gasteiger partial charge in [0.1, 0.15) is 53.2 Å². The maximum atomic E-state index is 12.3. The number of carbonyl (C=O) groups excluding carboxylic acids is 5. The fourth-order valence-electron chi connectivity index (χ4n) is 7.70. The lowest BCUT2D eigenvalue weighted by atomic mass is 10.1. The van der Waals surface area contributed by atoms with Crippen molar-refractivity contribution in [2.45, 2.75) is 155 Å². The molecule has 6 atom stereocenters. The summed E-state index contributed by atoms with van der Waals surface area (Å²) in [5.74, 6) is -0.0513. The van der Waals surface area contributed by atoms with Crippen LogP contribution in [0.15, 0.2) is 163 Å². The van der Waals surface area contributed by atoms with Gasteiger partial charge in [0.2, 0.25) is 12.2 Å². The molecule has 7 rings (SSSR count). The Morgan fingerprint density at radius 2 is 0.845 bits per heavy atom. The number of alkyl halides is 15. The van der Waals surface area contributed by atoms with E-state index in [0.717, 1.165) is 11.1 Å². The minimum Gasteiger partial charge on any atom is -1.00 e. The third kappa shape index (κ3) is 44.5. The largest absolute Gasteiger partial charge is 1.00 e. The number of hydrogen-bond acceptors (Lipinski definition) is 17. The summed E-state index contributed by atoms with van der Waals surface area (Å²) in [5, 5.41) is 15.3. The molecule has 0 bridgehead atoms. The number of benzene rings is 6. The lowest BCUT2D eigenvalue weighted by molar-refractivity contribution is -0.420. The molecule has 0 unspecified atom stereocenters. The molecule has 0 saturated heterocycles. The number of Topliss-reactive ketones (excluding diaryl/α,β-unsaturated/α-hetero) is 2. The van der Waals surface area contributed by atoms with Gasteiger partial charge in [0, 0.05) is 22.7 Å². The van der Waals surface area contributed by atoms with Crippen molar-refractivity contribution in [3.8, 4) is 34.5 Å². The molecule has 7 aromatic rings. The second-order valence-corrected chi connectivity index (χ2v) is 26.4. The number of quaternary nitrogens is 1. The molecule has 0 saturated carbocycles. The molecule has 6 aromatic carbocycles. The van der Waals surface area contributed by atoms with Gasteiger partial charge >= 0.3 is 42.9 Å². The van der Waals surface area contributed by atoms with E-state index in [4.69, 9.17) is 14.6 Å². The van der Waals surface area contributed by atoms with Crippen molar-refractivity contribution in [1.82, 2.24) is 24.8 Å². The molecule has 608 valence electrons. The fraction of sp³-hybridized carbons (Fsp3) is 0.403. The standard InChI is InChI=1S/C19H23F3N4O5.C14H20F3NO2S.C11H10F3NO2.C10H12F3NO.C10H9F3O2.C8H8O2.ClH/c1-12(2)30-17(27)16(8-26-11-23-10-24-26)31-18(28)25-13(3)14-4-6-15(7-5-14)29-9-19(20,21)22;1-10(18-21(19)13(2,3)4)11-5-7-12(8-6-11)20-9-14(15,16)17;1-8(15-7-16)9-2-4-10(5-3-9)17-6-11(12,13)14;2*1-7(14)8-2-4-9(5-3-8)15-6-10(11,12)13;1-6(9)7-2-4-8(10)5-3-7;/h4-7,10-13,16H,8-9H2,1-3H3,(H,25,28);5-8,10,18H,9H2,1-4H3;2-5,8H,6H2,1H3;2-5,7H,6,14H2,1H3;2-5H,6H2,1H3;2-5,10H,1H3;1H/t13-,16+;10-,21-;8-;7-;;;/m0000.../s1. The molecule has 38 heteroatoms. The summed E-state index contributed by atoms with van der Waals surface area (Å²) in [4.78, 5) is 63.4. The molecule has 0 fully saturated rings. The molecular weight excluding hydrogens is 1540 g/mol. The monoisotopic (exact) mass is 1620 g/mol. The highest BCUT2D eigenvalue weighted by atomic mass is 35.5. The average molecular weight is 1620 g/mol. The molecule has 110 heavy (non-hydrogen) atoms. The molecule has 1 amide bonds. The Balaban J connectivity index is 0.000000682. The van der Waals surface area contributed by atoms with Gasteiger partial charge in [-0.2, -0.15) is 75.9 Å². The van der Waals surface area contributed by atoms with Crippen LogP contribution in [-0.4, -0.2) is 135 Å². The molecule has 6 N–H and O–H groups in total. The van der Waals surface area contributed by atoms with Crippen LogP contribution in [0, 0.1) is 0 Å². The van der Waals surface area contributed by atoms with Crippen LogP contribution in [0.4, 0.5) is 70.7 Å². The highest BCUT2D eigenvalue weighted by molar-refractivity contribution is 7.84. The highest BCUT2D eigenvalue weighted by Crippen LogP contribution is 2.27. The van der Waals surface area contributed by atoms with Gasteiger partial charge in [-0.05, 0) is 202 Å². The van der Waals surface area contributed by atoms with Crippen LogP contribution in [-0.2, 0) is 36.6 Å². The first-order chi connectivity index (χ1) is 50.4. The zero-order valence-corrected chi connectivity index (χ0v) is 62.5.